The number of nitrogens with one attached hydrogen (secondary N) is 1. The van der Waals surface area contributed by atoms with Crippen molar-refractivity contribution in [2.75, 3.05) is 13.2 Å². The van der Waals surface area contributed by atoms with E-state index in [0.29, 0.717) is 0 Å². The molecule has 0 unspecified atom stereocenters. The molecule has 0 spiro atoms. The van der Waals surface area contributed by atoms with Crippen LogP contribution < -0.4 is 9.46 Å². The molecule has 0 aliphatic carbocycles. The number of rotatable bonds is 6. The molecule has 118 valence electrons. The van der Waals surface area contributed by atoms with Crippen LogP contribution in [0.5, 0.6) is 5.75 Å². The number of halogens is 3. The van der Waals surface area contributed by atoms with Crippen molar-refractivity contribution >= 4 is 10.0 Å². The van der Waals surface area contributed by atoms with Crippen molar-refractivity contribution in [1.29, 1.82) is 0 Å². The molecule has 1 N–H and O–H groups in total. The first-order valence-corrected chi connectivity index (χ1v) is 7.70. The summed E-state index contributed by atoms with van der Waals surface area (Å²) in [5.74, 6) is -2.51. The Morgan fingerprint density at radius 2 is 1.64 bits per heavy atom. The lowest BCUT2D eigenvalue weighted by atomic mass is 10.3. The van der Waals surface area contributed by atoms with Gasteiger partial charge in [0, 0.05) is 12.6 Å². The minimum Gasteiger partial charge on any atom is -0.492 e. The van der Waals surface area contributed by atoms with Crippen LogP contribution in [0.15, 0.2) is 47.4 Å². The van der Waals surface area contributed by atoms with E-state index in [1.807, 2.05) is 0 Å². The van der Waals surface area contributed by atoms with Crippen LogP contribution in [-0.4, -0.2) is 21.6 Å². The summed E-state index contributed by atoms with van der Waals surface area (Å²) in [7, 11) is -3.78. The van der Waals surface area contributed by atoms with E-state index < -0.39 is 27.5 Å². The van der Waals surface area contributed by atoms with Crippen LogP contribution in [0.3, 0.4) is 0 Å². The Bertz CT molecular complexity index is 748. The molecule has 4 nitrogen and oxygen atoms in total. The van der Waals surface area contributed by atoms with Gasteiger partial charge in [-0.2, -0.15) is 0 Å². The van der Waals surface area contributed by atoms with Gasteiger partial charge in [-0.1, -0.05) is 0 Å². The number of benzene rings is 2. The monoisotopic (exact) mass is 331 g/mol. The van der Waals surface area contributed by atoms with Crippen LogP contribution in [0.2, 0.25) is 0 Å². The Labute approximate surface area is 125 Å². The zero-order valence-electron chi connectivity index (χ0n) is 11.2. The average molecular weight is 331 g/mol. The molecule has 8 heteroatoms. The molecule has 0 radical (unpaired) electrons. The fraction of sp³-hybridized carbons (Fsp3) is 0.143. The average Bonchev–Trinajstić information content (AvgIpc) is 2.48. The number of hydrogen-bond donors (Lipinski definition) is 1. The fourth-order valence-electron chi connectivity index (χ4n) is 1.61. The standard InChI is InChI=1S/C14H12F3NO3S/c15-10-1-4-12(5-2-10)22(19,20)18-7-8-21-11-3-6-13(16)14(17)9-11/h1-6,9,18H,7-8H2. The molecule has 0 fully saturated rings. The van der Waals surface area contributed by atoms with Crippen LogP contribution in [0, 0.1) is 17.5 Å². The lowest BCUT2D eigenvalue weighted by Gasteiger charge is -2.09. The third-order valence-electron chi connectivity index (χ3n) is 2.68. The van der Waals surface area contributed by atoms with Gasteiger partial charge in [0.25, 0.3) is 0 Å². The predicted molar refractivity (Wildman–Crippen MR) is 73.4 cm³/mol. The SMILES string of the molecule is O=S(=O)(NCCOc1ccc(F)c(F)c1)c1ccc(F)cc1. The van der Waals surface area contributed by atoms with E-state index in [4.69, 9.17) is 4.74 Å². The maximum absolute atomic E-state index is 12.9. The van der Waals surface area contributed by atoms with Gasteiger partial charge in [0.1, 0.15) is 18.2 Å². The lowest BCUT2D eigenvalue weighted by Crippen LogP contribution is -2.28. The Hall–Kier alpha value is -2.06. The number of hydrogen-bond acceptors (Lipinski definition) is 3. The third-order valence-corrected chi connectivity index (χ3v) is 4.15. The maximum Gasteiger partial charge on any atom is 0.240 e. The summed E-state index contributed by atoms with van der Waals surface area (Å²) >= 11 is 0. The fourth-order valence-corrected chi connectivity index (χ4v) is 2.62. The van der Waals surface area contributed by atoms with E-state index in [0.717, 1.165) is 36.4 Å². The Morgan fingerprint density at radius 3 is 2.27 bits per heavy atom. The van der Waals surface area contributed by atoms with Crippen molar-refractivity contribution in [2.24, 2.45) is 0 Å². The predicted octanol–water partition coefficient (Wildman–Crippen LogP) is 2.46. The molecule has 0 bridgehead atoms. The first-order valence-electron chi connectivity index (χ1n) is 6.21. The minimum absolute atomic E-state index is 0.0779. The zero-order valence-corrected chi connectivity index (χ0v) is 12.0. The van der Waals surface area contributed by atoms with Gasteiger partial charge in [0.05, 0.1) is 4.90 Å². The lowest BCUT2D eigenvalue weighted by molar-refractivity contribution is 0.319. The maximum atomic E-state index is 12.9. The van der Waals surface area contributed by atoms with Crippen molar-refractivity contribution in [2.45, 2.75) is 4.90 Å². The summed E-state index contributed by atoms with van der Waals surface area (Å²) in [5, 5.41) is 0. The topological polar surface area (TPSA) is 55.4 Å². The van der Waals surface area contributed by atoms with Crippen molar-refractivity contribution in [3.63, 3.8) is 0 Å². The van der Waals surface area contributed by atoms with Crippen molar-refractivity contribution < 1.29 is 26.3 Å². The van der Waals surface area contributed by atoms with E-state index in [1.54, 1.807) is 0 Å². The molecule has 0 aliphatic rings. The van der Waals surface area contributed by atoms with E-state index in [1.165, 1.54) is 6.07 Å². The molecule has 0 aliphatic heterocycles. The van der Waals surface area contributed by atoms with Crippen molar-refractivity contribution in [1.82, 2.24) is 4.72 Å². The van der Waals surface area contributed by atoms with Crippen LogP contribution >= 0.6 is 0 Å². The molecule has 2 aromatic carbocycles. The van der Waals surface area contributed by atoms with Gasteiger partial charge in [-0.25, -0.2) is 26.3 Å². The van der Waals surface area contributed by atoms with E-state index in [-0.39, 0.29) is 23.8 Å². The zero-order chi connectivity index (χ0) is 16.2. The summed E-state index contributed by atoms with van der Waals surface area (Å²) in [5.41, 5.74) is 0. The van der Waals surface area contributed by atoms with E-state index >= 15 is 0 Å². The molecule has 2 rings (SSSR count). The highest BCUT2D eigenvalue weighted by Gasteiger charge is 2.13. The Kier molecular flexibility index (Phi) is 5.04. The molecule has 0 atom stereocenters. The van der Waals surface area contributed by atoms with Crippen LogP contribution in [0.25, 0.3) is 0 Å². The summed E-state index contributed by atoms with van der Waals surface area (Å²) in [6.45, 7) is -0.162. The van der Waals surface area contributed by atoms with Crippen LogP contribution in [0.1, 0.15) is 0 Å². The Balaban J connectivity index is 1.87. The summed E-state index contributed by atoms with van der Waals surface area (Å²) in [4.78, 5) is -0.0817. The minimum atomic E-state index is -3.78. The molecule has 22 heavy (non-hydrogen) atoms. The molecule has 0 heterocycles. The molecule has 2 aromatic rings. The first-order chi connectivity index (χ1) is 10.4. The molecule has 0 saturated heterocycles. The van der Waals surface area contributed by atoms with E-state index in [2.05, 4.69) is 4.72 Å². The second-order valence-electron chi connectivity index (χ2n) is 4.28. The van der Waals surface area contributed by atoms with Gasteiger partial charge < -0.3 is 4.74 Å². The molecular formula is C14H12F3NO3S. The van der Waals surface area contributed by atoms with Gasteiger partial charge in [-0.15, -0.1) is 0 Å². The second kappa shape index (κ2) is 6.80. The van der Waals surface area contributed by atoms with Crippen molar-refractivity contribution in [3.8, 4) is 5.75 Å². The van der Waals surface area contributed by atoms with Gasteiger partial charge in [0.15, 0.2) is 11.6 Å². The van der Waals surface area contributed by atoms with Gasteiger partial charge in [-0.3, -0.25) is 0 Å². The summed E-state index contributed by atoms with van der Waals surface area (Å²) in [6.07, 6.45) is 0. The van der Waals surface area contributed by atoms with Gasteiger partial charge in [-0.05, 0) is 36.4 Å². The molecule has 0 amide bonds. The smallest absolute Gasteiger partial charge is 0.240 e. The Morgan fingerprint density at radius 1 is 0.955 bits per heavy atom. The molecule has 0 saturated carbocycles. The highest BCUT2D eigenvalue weighted by molar-refractivity contribution is 7.89. The largest absolute Gasteiger partial charge is 0.492 e. The third kappa shape index (κ3) is 4.22. The quantitative estimate of drug-likeness (QED) is 0.828. The highest BCUT2D eigenvalue weighted by atomic mass is 32.2. The summed E-state index contributed by atoms with van der Waals surface area (Å²) in [6, 6.07) is 7.34. The van der Waals surface area contributed by atoms with E-state index in [9.17, 15) is 21.6 Å². The van der Waals surface area contributed by atoms with Crippen LogP contribution in [-0.2, 0) is 10.0 Å². The number of sulfonamides is 1. The normalized spacial score (nSPS) is 11.4. The summed E-state index contributed by atoms with van der Waals surface area (Å²) < 4.78 is 69.4. The second-order valence-corrected chi connectivity index (χ2v) is 6.04. The first kappa shape index (κ1) is 16.3. The number of ether oxygens (including phenoxy) is 1. The van der Waals surface area contributed by atoms with Crippen LogP contribution in [0.4, 0.5) is 13.2 Å². The highest BCUT2D eigenvalue weighted by Crippen LogP contribution is 2.15. The molecule has 0 aromatic heterocycles. The molecular weight excluding hydrogens is 319 g/mol. The van der Waals surface area contributed by atoms with Gasteiger partial charge >= 0.3 is 0 Å². The van der Waals surface area contributed by atoms with Gasteiger partial charge in [0.2, 0.25) is 10.0 Å². The van der Waals surface area contributed by atoms with Crippen molar-refractivity contribution in [3.05, 3.63) is 59.9 Å².